The van der Waals surface area contributed by atoms with Gasteiger partial charge in [0.15, 0.2) is 0 Å². The molecule has 1 N–H and O–H groups in total. The summed E-state index contributed by atoms with van der Waals surface area (Å²) in [6.07, 6.45) is 0. The zero-order valence-electron chi connectivity index (χ0n) is 17.2. The molecule has 1 fully saturated rings. The molecule has 0 bridgehead atoms. The Balaban J connectivity index is 1.61. The van der Waals surface area contributed by atoms with E-state index in [0.717, 1.165) is 5.56 Å². The first-order valence-electron chi connectivity index (χ1n) is 9.85. The number of hydrogen-bond donors (Lipinski definition) is 1. The number of carbonyl (C=O) groups is 1. The van der Waals surface area contributed by atoms with Gasteiger partial charge in [0.05, 0.1) is 22.1 Å². The molecule has 0 radical (unpaired) electrons. The number of hydrogen-bond acceptors (Lipinski definition) is 4. The fraction of sp³-hybridized carbons (Fsp3) is 0.381. The normalized spacial score (nSPS) is 17.8. The molecule has 2 atom stereocenters. The first-order chi connectivity index (χ1) is 14.6. The SMILES string of the molecule is CC(NC(=O)C(C)N1CCN(S(=O)(=O)c2c(Cl)cccc2Cl)CC1)c1ccc(F)cc1. The highest BCUT2D eigenvalue weighted by atomic mass is 35.5. The summed E-state index contributed by atoms with van der Waals surface area (Å²) >= 11 is 12.2. The van der Waals surface area contributed by atoms with E-state index in [1.54, 1.807) is 25.1 Å². The summed E-state index contributed by atoms with van der Waals surface area (Å²) in [5.74, 6) is -0.510. The highest BCUT2D eigenvalue weighted by Gasteiger charge is 2.34. The van der Waals surface area contributed by atoms with Crippen molar-refractivity contribution in [3.63, 3.8) is 0 Å². The summed E-state index contributed by atoms with van der Waals surface area (Å²) in [7, 11) is -3.84. The van der Waals surface area contributed by atoms with Crippen molar-refractivity contribution in [3.8, 4) is 0 Å². The van der Waals surface area contributed by atoms with Crippen molar-refractivity contribution in [2.75, 3.05) is 26.2 Å². The Bertz CT molecular complexity index is 1020. The van der Waals surface area contributed by atoms with Crippen LogP contribution in [0.3, 0.4) is 0 Å². The van der Waals surface area contributed by atoms with Crippen LogP contribution in [0.15, 0.2) is 47.4 Å². The third-order valence-corrected chi connectivity index (χ3v) is 8.30. The molecule has 0 saturated carbocycles. The minimum absolute atomic E-state index is 0.0810. The van der Waals surface area contributed by atoms with E-state index in [4.69, 9.17) is 23.2 Å². The molecule has 2 unspecified atom stereocenters. The van der Waals surface area contributed by atoms with E-state index in [-0.39, 0.29) is 45.8 Å². The van der Waals surface area contributed by atoms with E-state index < -0.39 is 16.1 Å². The first-order valence-corrected chi connectivity index (χ1v) is 12.0. The van der Waals surface area contributed by atoms with E-state index in [1.165, 1.54) is 28.6 Å². The summed E-state index contributed by atoms with van der Waals surface area (Å²) < 4.78 is 40.4. The van der Waals surface area contributed by atoms with Gasteiger partial charge < -0.3 is 5.32 Å². The van der Waals surface area contributed by atoms with Gasteiger partial charge in [0.1, 0.15) is 10.7 Å². The molecule has 0 spiro atoms. The summed E-state index contributed by atoms with van der Waals surface area (Å²) in [5, 5.41) is 3.09. The number of rotatable bonds is 6. The number of nitrogens with one attached hydrogen (secondary N) is 1. The molecule has 3 rings (SSSR count). The maximum absolute atomic E-state index is 13.1. The smallest absolute Gasteiger partial charge is 0.246 e. The van der Waals surface area contributed by atoms with Crippen molar-refractivity contribution in [2.24, 2.45) is 0 Å². The number of piperazine rings is 1. The zero-order chi connectivity index (χ0) is 22.8. The molecular formula is C21H24Cl2FN3O3S. The summed E-state index contributed by atoms with van der Waals surface area (Å²) in [4.78, 5) is 14.5. The summed E-state index contributed by atoms with van der Waals surface area (Å²) in [6, 6.07) is 9.82. The molecule has 0 aromatic heterocycles. The van der Waals surface area contributed by atoms with Crippen LogP contribution in [0, 0.1) is 5.82 Å². The average Bonchev–Trinajstić information content (AvgIpc) is 2.73. The molecule has 6 nitrogen and oxygen atoms in total. The molecule has 2 aromatic rings. The van der Waals surface area contributed by atoms with E-state index in [0.29, 0.717) is 13.1 Å². The van der Waals surface area contributed by atoms with E-state index in [1.807, 2.05) is 11.8 Å². The van der Waals surface area contributed by atoms with Crippen molar-refractivity contribution >= 4 is 39.1 Å². The first kappa shape index (κ1) is 23.9. The third kappa shape index (κ3) is 5.38. The highest BCUT2D eigenvalue weighted by Crippen LogP contribution is 2.32. The van der Waals surface area contributed by atoms with Crippen molar-refractivity contribution in [2.45, 2.75) is 30.8 Å². The maximum atomic E-state index is 13.1. The van der Waals surface area contributed by atoms with Gasteiger partial charge in [0.25, 0.3) is 0 Å². The Morgan fingerprint density at radius 1 is 1.00 bits per heavy atom. The summed E-state index contributed by atoms with van der Waals surface area (Å²) in [6.45, 7) is 4.82. The Morgan fingerprint density at radius 2 is 1.55 bits per heavy atom. The van der Waals surface area contributed by atoms with Gasteiger partial charge in [-0.25, -0.2) is 12.8 Å². The van der Waals surface area contributed by atoms with Gasteiger partial charge in [-0.05, 0) is 43.7 Å². The Hall–Kier alpha value is -1.71. The minimum atomic E-state index is -3.84. The molecule has 1 aliphatic heterocycles. The lowest BCUT2D eigenvalue weighted by Gasteiger charge is -2.37. The molecular weight excluding hydrogens is 464 g/mol. The topological polar surface area (TPSA) is 69.7 Å². The lowest BCUT2D eigenvalue weighted by Crippen LogP contribution is -2.55. The van der Waals surface area contributed by atoms with Gasteiger partial charge >= 0.3 is 0 Å². The molecule has 1 aliphatic rings. The molecule has 1 heterocycles. The van der Waals surface area contributed by atoms with Gasteiger partial charge in [0.2, 0.25) is 15.9 Å². The second-order valence-corrected chi connectivity index (χ2v) is 10.1. The molecule has 2 aromatic carbocycles. The van der Waals surface area contributed by atoms with Gasteiger partial charge in [-0.3, -0.25) is 9.69 Å². The minimum Gasteiger partial charge on any atom is -0.348 e. The number of carbonyl (C=O) groups excluding carboxylic acids is 1. The van der Waals surface area contributed by atoms with Gasteiger partial charge in [-0.1, -0.05) is 41.4 Å². The fourth-order valence-electron chi connectivity index (χ4n) is 3.52. The Labute approximate surface area is 192 Å². The van der Waals surface area contributed by atoms with Crippen molar-refractivity contribution in [3.05, 3.63) is 63.9 Å². The predicted octanol–water partition coefficient (Wildman–Crippen LogP) is 3.70. The lowest BCUT2D eigenvalue weighted by atomic mass is 10.1. The van der Waals surface area contributed by atoms with Crippen LogP contribution in [0.1, 0.15) is 25.5 Å². The monoisotopic (exact) mass is 487 g/mol. The largest absolute Gasteiger partial charge is 0.348 e. The number of benzene rings is 2. The molecule has 31 heavy (non-hydrogen) atoms. The van der Waals surface area contributed by atoms with Crippen molar-refractivity contribution in [1.29, 1.82) is 0 Å². The molecule has 168 valence electrons. The van der Waals surface area contributed by atoms with Crippen LogP contribution in [0.25, 0.3) is 0 Å². The van der Waals surface area contributed by atoms with Gasteiger partial charge in [-0.2, -0.15) is 4.31 Å². The average molecular weight is 488 g/mol. The number of amides is 1. The molecule has 1 saturated heterocycles. The van der Waals surface area contributed by atoms with Crippen LogP contribution in [0.2, 0.25) is 10.0 Å². The van der Waals surface area contributed by atoms with Crippen LogP contribution < -0.4 is 5.32 Å². The Kier molecular flexibility index (Phi) is 7.59. The summed E-state index contributed by atoms with van der Waals surface area (Å²) in [5.41, 5.74) is 0.800. The fourth-order valence-corrected chi connectivity index (χ4v) is 6.04. The van der Waals surface area contributed by atoms with E-state index >= 15 is 0 Å². The zero-order valence-corrected chi connectivity index (χ0v) is 19.5. The molecule has 0 aliphatic carbocycles. The molecule has 1 amide bonds. The quantitative estimate of drug-likeness (QED) is 0.674. The molecule has 10 heteroatoms. The highest BCUT2D eigenvalue weighted by molar-refractivity contribution is 7.89. The lowest BCUT2D eigenvalue weighted by molar-refractivity contribution is -0.127. The van der Waals surface area contributed by atoms with Crippen LogP contribution in [0.5, 0.6) is 0 Å². The van der Waals surface area contributed by atoms with Crippen LogP contribution in [-0.2, 0) is 14.8 Å². The van der Waals surface area contributed by atoms with Crippen molar-refractivity contribution < 1.29 is 17.6 Å². The third-order valence-electron chi connectivity index (χ3n) is 5.45. The number of sulfonamides is 1. The Morgan fingerprint density at radius 3 is 2.10 bits per heavy atom. The van der Waals surface area contributed by atoms with Crippen molar-refractivity contribution in [1.82, 2.24) is 14.5 Å². The van der Waals surface area contributed by atoms with E-state index in [9.17, 15) is 17.6 Å². The van der Waals surface area contributed by atoms with Crippen LogP contribution >= 0.6 is 23.2 Å². The van der Waals surface area contributed by atoms with Crippen LogP contribution in [-0.4, -0.2) is 55.8 Å². The number of nitrogens with zero attached hydrogens (tertiary/aromatic N) is 2. The number of halogens is 3. The van der Waals surface area contributed by atoms with E-state index in [2.05, 4.69) is 5.32 Å². The standard InChI is InChI=1S/C21H24Cl2FN3O3S/c1-14(16-6-8-17(24)9-7-16)25-21(28)15(2)26-10-12-27(13-11-26)31(29,30)20-18(22)4-3-5-19(20)23/h3-9,14-15H,10-13H2,1-2H3,(H,25,28). The van der Waals surface area contributed by atoms with Crippen LogP contribution in [0.4, 0.5) is 4.39 Å². The van der Waals surface area contributed by atoms with Gasteiger partial charge in [-0.15, -0.1) is 0 Å². The van der Waals surface area contributed by atoms with Gasteiger partial charge in [0, 0.05) is 26.2 Å². The maximum Gasteiger partial charge on any atom is 0.246 e. The predicted molar refractivity (Wildman–Crippen MR) is 119 cm³/mol. The second-order valence-electron chi connectivity index (χ2n) is 7.45. The second kappa shape index (κ2) is 9.83.